The molecule has 0 saturated carbocycles. The number of hydrogen-bond acceptors (Lipinski definition) is 4. The molecule has 16 heavy (non-hydrogen) atoms. The molecule has 0 aliphatic rings. The topological polar surface area (TPSA) is 72.9 Å². The molecule has 1 amide bonds. The van der Waals surface area contributed by atoms with Crippen LogP contribution in [0.4, 0.5) is 5.69 Å². The number of nitrogens with zero attached hydrogens (tertiary/aromatic N) is 2. The van der Waals surface area contributed by atoms with E-state index < -0.39 is 0 Å². The largest absolute Gasteiger partial charge is 0.395 e. The van der Waals surface area contributed by atoms with Gasteiger partial charge in [0.25, 0.3) is 5.91 Å². The van der Waals surface area contributed by atoms with Gasteiger partial charge in [-0.25, -0.2) is 0 Å². The lowest BCUT2D eigenvalue weighted by molar-refractivity contribution is 0.0945. The lowest BCUT2D eigenvalue weighted by Crippen LogP contribution is -2.27. The molecule has 0 fully saturated rings. The molecule has 0 atom stereocenters. The van der Waals surface area contributed by atoms with Crippen LogP contribution in [0, 0.1) is 6.92 Å². The molecular weight excluding hydrogens is 224 g/mol. The predicted molar refractivity (Wildman–Crippen MR) is 67.7 cm³/mol. The van der Waals surface area contributed by atoms with E-state index in [2.05, 4.69) is 10.4 Å². The molecule has 5 nitrogen and oxygen atoms in total. The highest BCUT2D eigenvalue weighted by atomic mass is 32.2. The average Bonchev–Trinajstić information content (AvgIpc) is 2.48. The summed E-state index contributed by atoms with van der Waals surface area (Å²) in [6.45, 7) is 2.46. The number of nitrogens with one attached hydrogen (secondary N) is 1. The fraction of sp³-hybridized carbons (Fsp3) is 0.600. The summed E-state index contributed by atoms with van der Waals surface area (Å²) in [6, 6.07) is 0. The molecule has 90 valence electrons. The number of aromatic nitrogens is 2. The second kappa shape index (κ2) is 5.79. The van der Waals surface area contributed by atoms with Crippen LogP contribution in [0.2, 0.25) is 0 Å². The molecule has 0 unspecified atom stereocenters. The molecule has 0 saturated heterocycles. The number of anilines is 1. The number of hydrogen-bond donors (Lipinski definition) is 2. The minimum Gasteiger partial charge on any atom is -0.395 e. The predicted octanol–water partition coefficient (Wildman–Crippen LogP) is 0.794. The quantitative estimate of drug-likeness (QED) is 0.749. The smallest absolute Gasteiger partial charge is 0.271 e. The standard InChI is InChI=1S/C10H18N4OS/c1-7-8(11)9(14(2)13-7)10(15)12-5-4-6-16-3/h4-6,11H2,1-3H3,(H,12,15). The van der Waals surface area contributed by atoms with Gasteiger partial charge in [0.2, 0.25) is 0 Å². The Morgan fingerprint density at radius 3 is 2.81 bits per heavy atom. The van der Waals surface area contributed by atoms with Gasteiger partial charge in [-0.1, -0.05) is 0 Å². The van der Waals surface area contributed by atoms with Crippen molar-refractivity contribution >= 4 is 23.4 Å². The van der Waals surface area contributed by atoms with Crippen LogP contribution in [0.1, 0.15) is 22.6 Å². The molecular formula is C10H18N4OS. The number of aryl methyl sites for hydroxylation is 2. The fourth-order valence-corrected chi connectivity index (χ4v) is 1.88. The van der Waals surface area contributed by atoms with Crippen LogP contribution in [0.15, 0.2) is 0 Å². The molecule has 0 aromatic carbocycles. The van der Waals surface area contributed by atoms with Crippen molar-refractivity contribution in [1.82, 2.24) is 15.1 Å². The molecule has 1 heterocycles. The van der Waals surface area contributed by atoms with E-state index in [0.29, 0.717) is 23.6 Å². The number of nitrogen functional groups attached to an aromatic ring is 1. The first-order chi connectivity index (χ1) is 7.57. The van der Waals surface area contributed by atoms with Gasteiger partial charge in [-0.2, -0.15) is 16.9 Å². The third-order valence-corrected chi connectivity index (χ3v) is 2.99. The van der Waals surface area contributed by atoms with Crippen molar-refractivity contribution in [3.05, 3.63) is 11.4 Å². The zero-order chi connectivity index (χ0) is 12.1. The van der Waals surface area contributed by atoms with E-state index in [9.17, 15) is 4.79 Å². The van der Waals surface area contributed by atoms with Gasteiger partial charge in [-0.05, 0) is 25.4 Å². The molecule has 0 radical (unpaired) electrons. The Labute approximate surface area is 99.8 Å². The van der Waals surface area contributed by atoms with Crippen molar-refractivity contribution in [1.29, 1.82) is 0 Å². The van der Waals surface area contributed by atoms with Crippen molar-refractivity contribution in [2.75, 3.05) is 24.3 Å². The Balaban J connectivity index is 2.59. The van der Waals surface area contributed by atoms with E-state index in [1.54, 1.807) is 25.7 Å². The molecule has 3 N–H and O–H groups in total. The number of carbonyl (C=O) groups is 1. The first kappa shape index (κ1) is 12.9. The Morgan fingerprint density at radius 1 is 1.62 bits per heavy atom. The van der Waals surface area contributed by atoms with Crippen LogP contribution in [0.25, 0.3) is 0 Å². The van der Waals surface area contributed by atoms with E-state index in [-0.39, 0.29) is 5.91 Å². The van der Waals surface area contributed by atoms with Gasteiger partial charge < -0.3 is 11.1 Å². The molecule has 1 rings (SSSR count). The zero-order valence-corrected chi connectivity index (χ0v) is 10.7. The fourth-order valence-electron chi connectivity index (χ4n) is 1.45. The normalized spacial score (nSPS) is 10.4. The SMILES string of the molecule is CSCCCNC(=O)c1c(N)c(C)nn1C. The molecule has 0 aliphatic heterocycles. The van der Waals surface area contributed by atoms with E-state index in [1.165, 1.54) is 4.68 Å². The van der Waals surface area contributed by atoms with Gasteiger partial charge in [0.1, 0.15) is 5.69 Å². The Hall–Kier alpha value is -1.17. The van der Waals surface area contributed by atoms with Crippen molar-refractivity contribution in [3.63, 3.8) is 0 Å². The van der Waals surface area contributed by atoms with Gasteiger partial charge in [0.05, 0.1) is 11.4 Å². The van der Waals surface area contributed by atoms with E-state index >= 15 is 0 Å². The maximum Gasteiger partial charge on any atom is 0.271 e. The van der Waals surface area contributed by atoms with Gasteiger partial charge in [-0.3, -0.25) is 9.48 Å². The average molecular weight is 242 g/mol. The highest BCUT2D eigenvalue weighted by molar-refractivity contribution is 7.98. The summed E-state index contributed by atoms with van der Waals surface area (Å²) in [7, 11) is 1.72. The lowest BCUT2D eigenvalue weighted by Gasteiger charge is -2.05. The highest BCUT2D eigenvalue weighted by Crippen LogP contribution is 2.14. The number of rotatable bonds is 5. The first-order valence-corrected chi connectivity index (χ1v) is 6.53. The van der Waals surface area contributed by atoms with Crippen molar-refractivity contribution < 1.29 is 4.79 Å². The maximum atomic E-state index is 11.8. The van der Waals surface area contributed by atoms with Crippen LogP contribution in [-0.2, 0) is 7.05 Å². The van der Waals surface area contributed by atoms with E-state index in [1.807, 2.05) is 6.26 Å². The van der Waals surface area contributed by atoms with Crippen molar-refractivity contribution in [3.8, 4) is 0 Å². The first-order valence-electron chi connectivity index (χ1n) is 5.14. The third-order valence-electron chi connectivity index (χ3n) is 2.29. The summed E-state index contributed by atoms with van der Waals surface area (Å²) in [6.07, 6.45) is 3.01. The molecule has 0 bridgehead atoms. The summed E-state index contributed by atoms with van der Waals surface area (Å²) in [5.41, 5.74) is 7.39. The maximum absolute atomic E-state index is 11.8. The van der Waals surface area contributed by atoms with Gasteiger partial charge >= 0.3 is 0 Å². The summed E-state index contributed by atoms with van der Waals surface area (Å²) in [5.74, 6) is 0.891. The van der Waals surface area contributed by atoms with Gasteiger partial charge in [0, 0.05) is 13.6 Å². The van der Waals surface area contributed by atoms with E-state index in [0.717, 1.165) is 12.2 Å². The molecule has 1 aromatic rings. The summed E-state index contributed by atoms with van der Waals surface area (Å²) in [4.78, 5) is 11.8. The summed E-state index contributed by atoms with van der Waals surface area (Å²) >= 11 is 1.77. The number of thioether (sulfide) groups is 1. The van der Waals surface area contributed by atoms with Crippen molar-refractivity contribution in [2.45, 2.75) is 13.3 Å². The molecule has 1 aromatic heterocycles. The van der Waals surface area contributed by atoms with Crippen LogP contribution in [0.3, 0.4) is 0 Å². The monoisotopic (exact) mass is 242 g/mol. The Morgan fingerprint density at radius 2 is 2.31 bits per heavy atom. The van der Waals surface area contributed by atoms with E-state index in [4.69, 9.17) is 5.73 Å². The van der Waals surface area contributed by atoms with Crippen LogP contribution >= 0.6 is 11.8 Å². The lowest BCUT2D eigenvalue weighted by atomic mass is 10.3. The molecule has 6 heteroatoms. The second-order valence-electron chi connectivity index (χ2n) is 3.57. The van der Waals surface area contributed by atoms with Gasteiger partial charge in [-0.15, -0.1) is 0 Å². The molecule has 0 spiro atoms. The summed E-state index contributed by atoms with van der Waals surface area (Å²) in [5, 5.41) is 6.94. The third kappa shape index (κ3) is 2.91. The number of amides is 1. The molecule has 0 aliphatic carbocycles. The van der Waals surface area contributed by atoms with Crippen molar-refractivity contribution in [2.24, 2.45) is 7.05 Å². The Kier molecular flexibility index (Phi) is 4.67. The minimum absolute atomic E-state index is 0.151. The number of carbonyl (C=O) groups excluding carboxylic acids is 1. The van der Waals surface area contributed by atoms with Gasteiger partial charge in [0.15, 0.2) is 0 Å². The highest BCUT2D eigenvalue weighted by Gasteiger charge is 2.16. The minimum atomic E-state index is -0.151. The van der Waals surface area contributed by atoms with Crippen LogP contribution in [0.5, 0.6) is 0 Å². The Bertz CT molecular complexity index is 375. The second-order valence-corrected chi connectivity index (χ2v) is 4.56. The zero-order valence-electron chi connectivity index (χ0n) is 9.91. The van der Waals surface area contributed by atoms with Crippen LogP contribution < -0.4 is 11.1 Å². The number of nitrogens with two attached hydrogens (primary N) is 1. The van der Waals surface area contributed by atoms with Crippen LogP contribution in [-0.4, -0.2) is 34.2 Å². The summed E-state index contributed by atoms with van der Waals surface area (Å²) < 4.78 is 1.52.